The number of halogens is 3. The summed E-state index contributed by atoms with van der Waals surface area (Å²) in [5, 5.41) is 12.9. The van der Waals surface area contributed by atoms with Crippen molar-refractivity contribution in [2.24, 2.45) is 5.41 Å². The molecule has 1 saturated carbocycles. The second kappa shape index (κ2) is 6.08. The lowest BCUT2D eigenvalue weighted by Gasteiger charge is -2.37. The molecule has 7 nitrogen and oxygen atoms in total. The van der Waals surface area contributed by atoms with Crippen LogP contribution >= 0.6 is 0 Å². The van der Waals surface area contributed by atoms with E-state index in [0.29, 0.717) is 18.9 Å². The maximum absolute atomic E-state index is 13.2. The van der Waals surface area contributed by atoms with E-state index in [4.69, 9.17) is 0 Å². The van der Waals surface area contributed by atoms with Gasteiger partial charge < -0.3 is 25.1 Å². The lowest BCUT2D eigenvalue weighted by Crippen LogP contribution is -2.54. The van der Waals surface area contributed by atoms with Crippen LogP contribution in [0.3, 0.4) is 0 Å². The highest BCUT2D eigenvalue weighted by atomic mass is 19.4. The van der Waals surface area contributed by atoms with Crippen molar-refractivity contribution >= 4 is 12.3 Å². The van der Waals surface area contributed by atoms with Gasteiger partial charge in [-0.1, -0.05) is 0 Å². The molecule has 2 aliphatic rings. The molecule has 0 aromatic heterocycles. The van der Waals surface area contributed by atoms with E-state index in [0.717, 1.165) is 6.92 Å². The van der Waals surface area contributed by atoms with Gasteiger partial charge in [-0.3, -0.25) is 9.59 Å². The van der Waals surface area contributed by atoms with Crippen LogP contribution in [0.2, 0.25) is 0 Å². The second-order valence-electron chi connectivity index (χ2n) is 6.96. The van der Waals surface area contributed by atoms with Crippen molar-refractivity contribution in [3.63, 3.8) is 0 Å². The Bertz CT molecular complexity index is 599. The lowest BCUT2D eigenvalue weighted by molar-refractivity contribution is -0.279. The summed E-state index contributed by atoms with van der Waals surface area (Å²) >= 11 is 0. The molecular formula is C15H23F3N4O3. The maximum Gasteiger partial charge on any atom is 0.417 e. The van der Waals surface area contributed by atoms with Gasteiger partial charge in [0.25, 0.3) is 5.91 Å². The minimum absolute atomic E-state index is 0.186. The van der Waals surface area contributed by atoms with E-state index in [1.807, 2.05) is 0 Å². The van der Waals surface area contributed by atoms with Gasteiger partial charge in [-0.25, -0.2) is 0 Å². The minimum atomic E-state index is -4.78. The molecule has 1 unspecified atom stereocenters. The Labute approximate surface area is 144 Å². The predicted octanol–water partition coefficient (Wildman–Crippen LogP) is 0.288. The number of nitrogens with one attached hydrogen (secondary N) is 1. The maximum atomic E-state index is 13.2. The number of carbonyl (C=O) groups is 2. The predicted molar refractivity (Wildman–Crippen MR) is 82.6 cm³/mol. The Morgan fingerprint density at radius 3 is 2.40 bits per heavy atom. The zero-order valence-corrected chi connectivity index (χ0v) is 14.6. The summed E-state index contributed by atoms with van der Waals surface area (Å²) in [6.07, 6.45) is -3.87. The van der Waals surface area contributed by atoms with Crippen molar-refractivity contribution < 1.29 is 27.9 Å². The van der Waals surface area contributed by atoms with Crippen molar-refractivity contribution in [1.82, 2.24) is 20.0 Å². The first-order chi connectivity index (χ1) is 11.4. The van der Waals surface area contributed by atoms with Crippen LogP contribution in [0, 0.1) is 5.41 Å². The monoisotopic (exact) mass is 364 g/mol. The summed E-state index contributed by atoms with van der Waals surface area (Å²) in [6, 6.07) is 0. The number of rotatable bonds is 6. The standard InChI is InChI=1S/C15H23F3N4O3/c1-13(25,15(16,17)18)14(5-6-14)7-20(2)12(24)10-11(22(4)9-23)19-8-21(10)3/h9,19,25H,5-8H2,1-4H3. The summed E-state index contributed by atoms with van der Waals surface area (Å²) in [6.45, 7) is 0.827. The van der Waals surface area contributed by atoms with Gasteiger partial charge in [0.2, 0.25) is 6.41 Å². The summed E-state index contributed by atoms with van der Waals surface area (Å²) in [7, 11) is 4.50. The largest absolute Gasteiger partial charge is 0.417 e. The number of likely N-dealkylation sites (N-methyl/N-ethyl adjacent to an activating group) is 2. The number of alkyl halides is 3. The molecule has 0 spiro atoms. The van der Waals surface area contributed by atoms with Crippen LogP contribution in [0.25, 0.3) is 0 Å². The molecule has 2 N–H and O–H groups in total. The number of carbonyl (C=O) groups excluding carboxylic acids is 2. The zero-order valence-electron chi connectivity index (χ0n) is 14.6. The van der Waals surface area contributed by atoms with Gasteiger partial charge >= 0.3 is 6.18 Å². The first kappa shape index (κ1) is 19.4. The van der Waals surface area contributed by atoms with Crippen molar-refractivity contribution in [1.29, 1.82) is 0 Å². The van der Waals surface area contributed by atoms with E-state index in [2.05, 4.69) is 5.32 Å². The molecule has 25 heavy (non-hydrogen) atoms. The van der Waals surface area contributed by atoms with Crippen LogP contribution in [0.15, 0.2) is 11.5 Å². The highest BCUT2D eigenvalue weighted by Gasteiger charge is 2.68. The van der Waals surface area contributed by atoms with Crippen molar-refractivity contribution in [3.05, 3.63) is 11.5 Å². The molecule has 2 rings (SSSR count). The van der Waals surface area contributed by atoms with E-state index in [1.54, 1.807) is 11.9 Å². The summed E-state index contributed by atoms with van der Waals surface area (Å²) < 4.78 is 39.5. The smallest absolute Gasteiger partial charge is 0.380 e. The SMILES string of the molecule is CN(C=O)C1=C(C(=O)N(C)CC2(C(C)(O)C(F)(F)F)CC2)N(C)CN1. The number of hydrogen-bond acceptors (Lipinski definition) is 5. The molecule has 1 fully saturated rings. The van der Waals surface area contributed by atoms with Gasteiger partial charge in [0.1, 0.15) is 11.5 Å². The number of aliphatic hydroxyl groups is 1. The third kappa shape index (κ3) is 3.14. The number of hydrogen-bond donors (Lipinski definition) is 2. The molecule has 2 amide bonds. The number of amides is 2. The molecule has 1 aliphatic carbocycles. The highest BCUT2D eigenvalue weighted by Crippen LogP contribution is 2.59. The molecule has 0 bridgehead atoms. The molecule has 10 heteroatoms. The Morgan fingerprint density at radius 2 is 1.96 bits per heavy atom. The van der Waals surface area contributed by atoms with Gasteiger partial charge in [0.15, 0.2) is 5.60 Å². The Hall–Kier alpha value is -1.97. The third-order valence-corrected chi connectivity index (χ3v) is 5.13. The van der Waals surface area contributed by atoms with Crippen LogP contribution in [-0.2, 0) is 9.59 Å². The molecule has 0 aromatic rings. The third-order valence-electron chi connectivity index (χ3n) is 5.13. The molecule has 1 atom stereocenters. The molecular weight excluding hydrogens is 341 g/mol. The van der Waals surface area contributed by atoms with Crippen LogP contribution in [0.4, 0.5) is 13.2 Å². The molecule has 1 heterocycles. The zero-order chi connectivity index (χ0) is 19.2. The molecule has 142 valence electrons. The Morgan fingerprint density at radius 1 is 1.40 bits per heavy atom. The molecule has 0 saturated heterocycles. The van der Waals surface area contributed by atoms with E-state index >= 15 is 0 Å². The topological polar surface area (TPSA) is 76.1 Å². The van der Waals surface area contributed by atoms with Crippen molar-refractivity contribution in [2.75, 3.05) is 34.4 Å². The van der Waals surface area contributed by atoms with Crippen LogP contribution in [0.5, 0.6) is 0 Å². The first-order valence-electron chi connectivity index (χ1n) is 7.80. The Kier molecular flexibility index (Phi) is 4.71. The molecule has 0 radical (unpaired) electrons. The average molecular weight is 364 g/mol. The fraction of sp³-hybridized carbons (Fsp3) is 0.733. The van der Waals surface area contributed by atoms with Gasteiger partial charge in [0.05, 0.1) is 6.67 Å². The summed E-state index contributed by atoms with van der Waals surface area (Å²) in [5.41, 5.74) is -4.08. The number of nitrogens with zero attached hydrogens (tertiary/aromatic N) is 3. The van der Waals surface area contributed by atoms with Gasteiger partial charge in [-0.15, -0.1) is 0 Å². The quantitative estimate of drug-likeness (QED) is 0.663. The normalized spacial score (nSPS) is 21.5. The van der Waals surface area contributed by atoms with E-state index in [9.17, 15) is 27.9 Å². The van der Waals surface area contributed by atoms with Crippen LogP contribution in [-0.4, -0.2) is 78.3 Å². The lowest BCUT2D eigenvalue weighted by atomic mass is 9.84. The van der Waals surface area contributed by atoms with Crippen LogP contribution in [0.1, 0.15) is 19.8 Å². The summed E-state index contributed by atoms with van der Waals surface area (Å²) in [4.78, 5) is 27.7. The van der Waals surface area contributed by atoms with E-state index in [-0.39, 0.29) is 25.1 Å². The van der Waals surface area contributed by atoms with Crippen molar-refractivity contribution in [2.45, 2.75) is 31.5 Å². The van der Waals surface area contributed by atoms with Gasteiger partial charge in [-0.2, -0.15) is 13.2 Å². The molecule has 0 aromatic carbocycles. The van der Waals surface area contributed by atoms with Gasteiger partial charge in [0, 0.05) is 33.1 Å². The first-order valence-corrected chi connectivity index (χ1v) is 7.80. The van der Waals surface area contributed by atoms with E-state index in [1.165, 1.54) is 23.9 Å². The van der Waals surface area contributed by atoms with Crippen LogP contribution < -0.4 is 5.32 Å². The van der Waals surface area contributed by atoms with Gasteiger partial charge in [-0.05, 0) is 19.8 Å². The minimum Gasteiger partial charge on any atom is -0.380 e. The van der Waals surface area contributed by atoms with E-state index < -0.39 is 23.1 Å². The fourth-order valence-corrected chi connectivity index (χ4v) is 3.10. The molecule has 1 aliphatic heterocycles. The summed E-state index contributed by atoms with van der Waals surface area (Å²) in [5.74, 6) is -0.220. The fourth-order valence-electron chi connectivity index (χ4n) is 3.10. The van der Waals surface area contributed by atoms with Crippen molar-refractivity contribution in [3.8, 4) is 0 Å². The average Bonchev–Trinajstić information content (AvgIpc) is 3.20. The second-order valence-corrected chi connectivity index (χ2v) is 6.96. The Balaban J connectivity index is 2.22. The highest BCUT2D eigenvalue weighted by molar-refractivity contribution is 5.94.